The van der Waals surface area contributed by atoms with Crippen molar-refractivity contribution < 1.29 is 9.53 Å². The predicted octanol–water partition coefficient (Wildman–Crippen LogP) is 4.18. The van der Waals surface area contributed by atoms with E-state index >= 15 is 0 Å². The van der Waals surface area contributed by atoms with E-state index < -0.39 is 8.07 Å². The fourth-order valence-corrected chi connectivity index (χ4v) is 7.46. The summed E-state index contributed by atoms with van der Waals surface area (Å²) in [7, 11) is -0.165. The Kier molecular flexibility index (Phi) is 6.32. The standard InChI is InChI=1S/C20H27NO2Si/c1-5-24(6-2,7-3)18-13-10-11-16(15-19(22)23-4)20(18)17-12-8-9-14-21-17/h8-14H,5-7,15H2,1-4H3. The molecule has 0 fully saturated rings. The van der Waals surface area contributed by atoms with Gasteiger partial charge in [-0.05, 0) is 22.9 Å². The normalized spacial score (nSPS) is 11.3. The minimum absolute atomic E-state index is 0.207. The lowest BCUT2D eigenvalue weighted by Crippen LogP contribution is -2.47. The van der Waals surface area contributed by atoms with Gasteiger partial charge in [0.1, 0.15) is 0 Å². The van der Waals surface area contributed by atoms with Crippen molar-refractivity contribution in [2.24, 2.45) is 0 Å². The second-order valence-corrected chi connectivity index (χ2v) is 11.4. The summed E-state index contributed by atoms with van der Waals surface area (Å²) < 4.78 is 4.90. The van der Waals surface area contributed by atoms with Gasteiger partial charge in [-0.3, -0.25) is 9.78 Å². The molecule has 0 atom stereocenters. The van der Waals surface area contributed by atoms with Crippen LogP contribution in [0.25, 0.3) is 11.3 Å². The van der Waals surface area contributed by atoms with Gasteiger partial charge in [0.25, 0.3) is 0 Å². The third-order valence-electron chi connectivity index (χ3n) is 5.24. The third kappa shape index (κ3) is 3.59. The van der Waals surface area contributed by atoms with Gasteiger partial charge in [-0.1, -0.05) is 63.2 Å². The van der Waals surface area contributed by atoms with Gasteiger partial charge in [0, 0.05) is 11.8 Å². The molecular formula is C20H27NO2Si. The van der Waals surface area contributed by atoms with Gasteiger partial charge in [-0.2, -0.15) is 0 Å². The average Bonchev–Trinajstić information content (AvgIpc) is 2.64. The Morgan fingerprint density at radius 1 is 1.04 bits per heavy atom. The number of rotatable bonds is 7. The van der Waals surface area contributed by atoms with Crippen LogP contribution in [0.1, 0.15) is 26.3 Å². The molecule has 0 unspecified atom stereocenters. The zero-order chi connectivity index (χ0) is 17.6. The van der Waals surface area contributed by atoms with Crippen LogP contribution < -0.4 is 5.19 Å². The zero-order valence-electron chi connectivity index (χ0n) is 15.1. The second-order valence-electron chi connectivity index (χ2n) is 6.15. The average molecular weight is 342 g/mol. The number of nitrogens with zero attached hydrogens (tertiary/aromatic N) is 1. The topological polar surface area (TPSA) is 39.2 Å². The van der Waals surface area contributed by atoms with Crippen LogP contribution in [-0.4, -0.2) is 26.1 Å². The molecule has 0 bridgehead atoms. The van der Waals surface area contributed by atoms with E-state index in [-0.39, 0.29) is 12.4 Å². The molecule has 1 aromatic heterocycles. The molecule has 24 heavy (non-hydrogen) atoms. The first-order chi connectivity index (χ1) is 11.6. The number of hydrogen-bond donors (Lipinski definition) is 0. The molecule has 0 saturated heterocycles. The SMILES string of the molecule is CC[Si](CC)(CC)c1cccc(CC(=O)OC)c1-c1ccccn1. The highest BCUT2D eigenvalue weighted by Crippen LogP contribution is 2.29. The van der Waals surface area contributed by atoms with Crippen LogP contribution in [0.2, 0.25) is 18.1 Å². The van der Waals surface area contributed by atoms with Crippen LogP contribution in [-0.2, 0) is 16.0 Å². The summed E-state index contributed by atoms with van der Waals surface area (Å²) in [6, 6.07) is 15.9. The van der Waals surface area contributed by atoms with E-state index in [9.17, 15) is 4.79 Å². The van der Waals surface area contributed by atoms with Gasteiger partial charge in [0.05, 0.1) is 27.3 Å². The fourth-order valence-electron chi connectivity index (χ4n) is 3.55. The highest BCUT2D eigenvalue weighted by molar-refractivity contribution is 6.92. The van der Waals surface area contributed by atoms with E-state index in [0.29, 0.717) is 0 Å². The molecule has 128 valence electrons. The molecule has 0 N–H and O–H groups in total. The largest absolute Gasteiger partial charge is 0.469 e. The van der Waals surface area contributed by atoms with E-state index in [4.69, 9.17) is 4.74 Å². The lowest BCUT2D eigenvalue weighted by molar-refractivity contribution is -0.139. The Balaban J connectivity index is 2.71. The first-order valence-electron chi connectivity index (χ1n) is 8.72. The molecule has 2 aromatic rings. The maximum absolute atomic E-state index is 11.9. The number of esters is 1. The molecule has 3 nitrogen and oxygen atoms in total. The second kappa shape index (κ2) is 8.24. The Hall–Kier alpha value is -1.94. The van der Waals surface area contributed by atoms with Crippen molar-refractivity contribution in [2.75, 3.05) is 7.11 Å². The van der Waals surface area contributed by atoms with Gasteiger partial charge in [-0.15, -0.1) is 0 Å². The van der Waals surface area contributed by atoms with Gasteiger partial charge in [-0.25, -0.2) is 0 Å². The minimum atomic E-state index is -1.61. The Morgan fingerprint density at radius 2 is 1.75 bits per heavy atom. The van der Waals surface area contributed by atoms with Gasteiger partial charge in [0.15, 0.2) is 0 Å². The Bertz CT molecular complexity index is 673. The maximum atomic E-state index is 11.9. The molecule has 0 aliphatic carbocycles. The monoisotopic (exact) mass is 341 g/mol. The van der Waals surface area contributed by atoms with Crippen molar-refractivity contribution in [3.8, 4) is 11.3 Å². The number of aromatic nitrogens is 1. The molecule has 4 heteroatoms. The summed E-state index contributed by atoms with van der Waals surface area (Å²) in [5, 5.41) is 1.43. The molecule has 1 heterocycles. The Labute approximate surface area is 146 Å². The lowest BCUT2D eigenvalue weighted by atomic mass is 10.0. The van der Waals surface area contributed by atoms with Gasteiger partial charge in [0.2, 0.25) is 0 Å². The van der Waals surface area contributed by atoms with Crippen LogP contribution in [0.5, 0.6) is 0 Å². The number of carbonyl (C=O) groups excluding carboxylic acids is 1. The molecule has 0 aliphatic rings. The summed E-state index contributed by atoms with van der Waals surface area (Å²) in [5.41, 5.74) is 3.13. The molecule has 0 radical (unpaired) electrons. The van der Waals surface area contributed by atoms with Crippen molar-refractivity contribution in [1.29, 1.82) is 0 Å². The summed E-state index contributed by atoms with van der Waals surface area (Å²) in [6.07, 6.45) is 2.11. The molecule has 1 aromatic carbocycles. The quantitative estimate of drug-likeness (QED) is 0.560. The van der Waals surface area contributed by atoms with Crippen LogP contribution in [0, 0.1) is 0 Å². The Morgan fingerprint density at radius 3 is 2.29 bits per heavy atom. The van der Waals surface area contributed by atoms with Crippen LogP contribution in [0.15, 0.2) is 42.6 Å². The van der Waals surface area contributed by atoms with Gasteiger partial charge < -0.3 is 4.74 Å². The molecule has 0 spiro atoms. The molecule has 0 amide bonds. The lowest BCUT2D eigenvalue weighted by Gasteiger charge is -2.32. The van der Waals surface area contributed by atoms with Crippen molar-refractivity contribution in [3.63, 3.8) is 0 Å². The van der Waals surface area contributed by atoms with E-state index in [1.165, 1.54) is 30.4 Å². The number of pyridine rings is 1. The fraction of sp³-hybridized carbons (Fsp3) is 0.400. The summed E-state index contributed by atoms with van der Waals surface area (Å²) in [4.78, 5) is 16.5. The van der Waals surface area contributed by atoms with E-state index in [0.717, 1.165) is 16.8 Å². The first-order valence-corrected chi connectivity index (χ1v) is 11.3. The summed E-state index contributed by atoms with van der Waals surface area (Å²) in [5.74, 6) is -0.207. The molecular weight excluding hydrogens is 314 g/mol. The van der Waals surface area contributed by atoms with Crippen molar-refractivity contribution in [2.45, 2.75) is 45.3 Å². The number of benzene rings is 1. The van der Waals surface area contributed by atoms with Gasteiger partial charge >= 0.3 is 5.97 Å². The van der Waals surface area contributed by atoms with E-state index in [1.54, 1.807) is 0 Å². The van der Waals surface area contributed by atoms with Crippen LogP contribution in [0.3, 0.4) is 0 Å². The van der Waals surface area contributed by atoms with Crippen LogP contribution >= 0.6 is 0 Å². The van der Waals surface area contributed by atoms with Crippen molar-refractivity contribution in [1.82, 2.24) is 4.98 Å². The smallest absolute Gasteiger partial charge is 0.310 e. The highest BCUT2D eigenvalue weighted by Gasteiger charge is 2.33. The number of ether oxygens (including phenoxy) is 1. The zero-order valence-corrected chi connectivity index (χ0v) is 16.1. The number of methoxy groups -OCH3 is 1. The highest BCUT2D eigenvalue weighted by atomic mass is 28.3. The first kappa shape index (κ1) is 18.4. The molecule has 0 aliphatic heterocycles. The van der Waals surface area contributed by atoms with Crippen molar-refractivity contribution >= 4 is 19.2 Å². The van der Waals surface area contributed by atoms with E-state index in [2.05, 4.69) is 37.9 Å². The maximum Gasteiger partial charge on any atom is 0.310 e. The number of carbonyl (C=O) groups is 1. The van der Waals surface area contributed by atoms with E-state index in [1.807, 2.05) is 30.5 Å². The summed E-state index contributed by atoms with van der Waals surface area (Å²) in [6.45, 7) is 6.90. The number of hydrogen-bond acceptors (Lipinski definition) is 3. The minimum Gasteiger partial charge on any atom is -0.469 e. The van der Waals surface area contributed by atoms with Crippen LogP contribution in [0.4, 0.5) is 0 Å². The molecule has 0 saturated carbocycles. The third-order valence-corrected chi connectivity index (χ3v) is 10.9. The molecule has 2 rings (SSSR count). The summed E-state index contributed by atoms with van der Waals surface area (Å²) >= 11 is 0. The predicted molar refractivity (Wildman–Crippen MR) is 102 cm³/mol. The van der Waals surface area contributed by atoms with Crippen molar-refractivity contribution in [3.05, 3.63) is 48.2 Å².